The average Bonchev–Trinajstić information content (AvgIpc) is 2.87. The smallest absolute Gasteiger partial charge is 0.338 e. The summed E-state index contributed by atoms with van der Waals surface area (Å²) in [5, 5.41) is 8.89. The van der Waals surface area contributed by atoms with Gasteiger partial charge in [0.25, 0.3) is 5.91 Å². The number of ether oxygens (including phenoxy) is 3. The van der Waals surface area contributed by atoms with Crippen LogP contribution in [0.2, 0.25) is 0 Å². The zero-order valence-electron chi connectivity index (χ0n) is 18.3. The number of para-hydroxylation sites is 1. The van der Waals surface area contributed by atoms with Gasteiger partial charge in [-0.1, -0.05) is 48.5 Å². The molecule has 7 heteroatoms. The van der Waals surface area contributed by atoms with E-state index in [2.05, 4.69) is 0 Å². The van der Waals surface area contributed by atoms with Gasteiger partial charge in [0.2, 0.25) is 0 Å². The summed E-state index contributed by atoms with van der Waals surface area (Å²) in [6.45, 7) is 0.111. The molecule has 3 aromatic carbocycles. The van der Waals surface area contributed by atoms with Gasteiger partial charge in [-0.15, -0.1) is 0 Å². The number of hydrogen-bond acceptors (Lipinski definition) is 6. The lowest BCUT2D eigenvalue weighted by Crippen LogP contribution is -2.35. The Labute approximate surface area is 192 Å². The summed E-state index contributed by atoms with van der Waals surface area (Å²) in [6, 6.07) is 25.3. The minimum atomic E-state index is -0.662. The van der Waals surface area contributed by atoms with Crippen LogP contribution in [0.25, 0.3) is 0 Å². The van der Waals surface area contributed by atoms with Crippen molar-refractivity contribution in [1.29, 1.82) is 5.26 Å². The molecular formula is C26H24N2O5. The fourth-order valence-corrected chi connectivity index (χ4v) is 3.11. The van der Waals surface area contributed by atoms with E-state index in [1.165, 1.54) is 18.1 Å². The van der Waals surface area contributed by atoms with Crippen LogP contribution in [0.5, 0.6) is 11.5 Å². The van der Waals surface area contributed by atoms with Crippen molar-refractivity contribution in [3.8, 4) is 17.6 Å². The lowest BCUT2D eigenvalue weighted by molar-refractivity contribution is -0.121. The standard InChI is InChI=1S/C26H24N2O5/c1-31-24-17-21(13-14-23(24)32-18-20-9-4-2-5-10-20)26(30)33-19-25(29)28(16-8-15-27)22-11-6-3-7-12-22/h2-7,9-14,17H,8,16,18-19H2,1H3. The van der Waals surface area contributed by atoms with Crippen molar-refractivity contribution in [2.75, 3.05) is 25.2 Å². The van der Waals surface area contributed by atoms with E-state index in [0.29, 0.717) is 23.8 Å². The maximum atomic E-state index is 12.7. The fourth-order valence-electron chi connectivity index (χ4n) is 3.11. The molecule has 0 heterocycles. The second-order valence-corrected chi connectivity index (χ2v) is 7.01. The lowest BCUT2D eigenvalue weighted by Gasteiger charge is -2.21. The lowest BCUT2D eigenvalue weighted by atomic mass is 10.2. The molecule has 0 radical (unpaired) electrons. The summed E-state index contributed by atoms with van der Waals surface area (Å²) in [6.07, 6.45) is 0.163. The highest BCUT2D eigenvalue weighted by atomic mass is 16.5. The number of methoxy groups -OCH3 is 1. The number of anilines is 1. The quantitative estimate of drug-likeness (QED) is 0.431. The Hall–Kier alpha value is -4.31. The third-order valence-corrected chi connectivity index (χ3v) is 4.78. The maximum Gasteiger partial charge on any atom is 0.338 e. The molecule has 0 aliphatic carbocycles. The van der Waals surface area contributed by atoms with E-state index in [1.54, 1.807) is 36.4 Å². The first-order valence-electron chi connectivity index (χ1n) is 10.4. The Morgan fingerprint density at radius 3 is 2.30 bits per heavy atom. The molecule has 0 saturated carbocycles. The minimum Gasteiger partial charge on any atom is -0.493 e. The Morgan fingerprint density at radius 2 is 1.64 bits per heavy atom. The zero-order chi connectivity index (χ0) is 23.5. The average molecular weight is 444 g/mol. The van der Waals surface area contributed by atoms with Gasteiger partial charge in [-0.3, -0.25) is 4.79 Å². The molecule has 0 saturated heterocycles. The summed E-state index contributed by atoms with van der Waals surface area (Å²) in [5.41, 5.74) is 1.87. The van der Waals surface area contributed by atoms with Crippen molar-refractivity contribution in [2.45, 2.75) is 13.0 Å². The van der Waals surface area contributed by atoms with E-state index >= 15 is 0 Å². The zero-order valence-corrected chi connectivity index (χ0v) is 18.3. The Bertz CT molecular complexity index is 1110. The summed E-state index contributed by atoms with van der Waals surface area (Å²) < 4.78 is 16.4. The van der Waals surface area contributed by atoms with Crippen LogP contribution in [0.4, 0.5) is 5.69 Å². The van der Waals surface area contributed by atoms with Gasteiger partial charge >= 0.3 is 5.97 Å². The number of esters is 1. The van der Waals surface area contributed by atoms with Crippen molar-refractivity contribution >= 4 is 17.6 Å². The number of nitriles is 1. The SMILES string of the molecule is COc1cc(C(=O)OCC(=O)N(CCC#N)c2ccccc2)ccc1OCc1ccccc1. The highest BCUT2D eigenvalue weighted by molar-refractivity contribution is 5.97. The van der Waals surface area contributed by atoms with E-state index in [1.807, 2.05) is 42.5 Å². The van der Waals surface area contributed by atoms with Crippen molar-refractivity contribution < 1.29 is 23.8 Å². The molecule has 168 valence electrons. The van der Waals surface area contributed by atoms with Gasteiger partial charge in [-0.2, -0.15) is 5.26 Å². The van der Waals surface area contributed by atoms with Crippen LogP contribution in [-0.4, -0.2) is 32.1 Å². The van der Waals surface area contributed by atoms with E-state index in [9.17, 15) is 9.59 Å². The molecule has 0 aliphatic rings. The van der Waals surface area contributed by atoms with Gasteiger partial charge in [-0.05, 0) is 35.9 Å². The van der Waals surface area contributed by atoms with E-state index in [0.717, 1.165) is 5.56 Å². The van der Waals surface area contributed by atoms with Crippen LogP contribution < -0.4 is 14.4 Å². The maximum absolute atomic E-state index is 12.7. The van der Waals surface area contributed by atoms with Crippen LogP contribution >= 0.6 is 0 Å². The number of benzene rings is 3. The fraction of sp³-hybridized carbons (Fsp3) is 0.192. The summed E-state index contributed by atoms with van der Waals surface area (Å²) in [4.78, 5) is 26.6. The number of carbonyl (C=O) groups is 2. The Balaban J connectivity index is 1.63. The molecule has 0 fully saturated rings. The van der Waals surface area contributed by atoms with Crippen LogP contribution in [0, 0.1) is 11.3 Å². The number of amides is 1. The molecule has 0 aliphatic heterocycles. The van der Waals surface area contributed by atoms with Crippen molar-refractivity contribution in [1.82, 2.24) is 0 Å². The highest BCUT2D eigenvalue weighted by Crippen LogP contribution is 2.29. The first-order chi connectivity index (χ1) is 16.1. The van der Waals surface area contributed by atoms with Crippen LogP contribution in [0.1, 0.15) is 22.3 Å². The summed E-state index contributed by atoms with van der Waals surface area (Å²) >= 11 is 0. The molecule has 0 atom stereocenters. The van der Waals surface area contributed by atoms with Gasteiger partial charge in [-0.25, -0.2) is 4.79 Å². The van der Waals surface area contributed by atoms with Crippen LogP contribution in [0.15, 0.2) is 78.9 Å². The van der Waals surface area contributed by atoms with Gasteiger partial charge in [0, 0.05) is 12.2 Å². The first kappa shape index (κ1) is 23.4. The van der Waals surface area contributed by atoms with Gasteiger partial charge in [0.15, 0.2) is 18.1 Å². The molecule has 0 unspecified atom stereocenters. The highest BCUT2D eigenvalue weighted by Gasteiger charge is 2.19. The van der Waals surface area contributed by atoms with Crippen LogP contribution in [-0.2, 0) is 16.1 Å². The number of hydrogen-bond donors (Lipinski definition) is 0. The normalized spacial score (nSPS) is 10.1. The van der Waals surface area contributed by atoms with Gasteiger partial charge in [0.05, 0.1) is 25.2 Å². The topological polar surface area (TPSA) is 88.9 Å². The number of rotatable bonds is 10. The summed E-state index contributed by atoms with van der Waals surface area (Å²) in [5.74, 6) is -0.212. The molecule has 0 bridgehead atoms. The third-order valence-electron chi connectivity index (χ3n) is 4.78. The molecule has 0 spiro atoms. The number of carbonyl (C=O) groups excluding carboxylic acids is 2. The second kappa shape index (κ2) is 11.9. The van der Waals surface area contributed by atoms with Crippen LogP contribution in [0.3, 0.4) is 0 Å². The molecule has 7 nitrogen and oxygen atoms in total. The molecule has 33 heavy (non-hydrogen) atoms. The molecule has 1 amide bonds. The van der Waals surface area contributed by atoms with E-state index < -0.39 is 18.5 Å². The van der Waals surface area contributed by atoms with Crippen molar-refractivity contribution in [3.05, 3.63) is 90.0 Å². The van der Waals surface area contributed by atoms with E-state index in [-0.39, 0.29) is 18.5 Å². The molecule has 3 rings (SSSR count). The predicted molar refractivity (Wildman–Crippen MR) is 123 cm³/mol. The Kier molecular flexibility index (Phi) is 8.43. The van der Waals surface area contributed by atoms with Gasteiger partial charge < -0.3 is 19.1 Å². The largest absolute Gasteiger partial charge is 0.493 e. The van der Waals surface area contributed by atoms with Crippen molar-refractivity contribution in [3.63, 3.8) is 0 Å². The number of nitrogens with zero attached hydrogens (tertiary/aromatic N) is 2. The molecule has 0 aromatic heterocycles. The first-order valence-corrected chi connectivity index (χ1v) is 10.4. The van der Waals surface area contributed by atoms with Gasteiger partial charge in [0.1, 0.15) is 6.61 Å². The molecule has 0 N–H and O–H groups in total. The third kappa shape index (κ3) is 6.58. The van der Waals surface area contributed by atoms with Crippen molar-refractivity contribution in [2.24, 2.45) is 0 Å². The minimum absolute atomic E-state index is 0.163. The summed E-state index contributed by atoms with van der Waals surface area (Å²) in [7, 11) is 1.48. The predicted octanol–water partition coefficient (Wildman–Crippen LogP) is 4.38. The second-order valence-electron chi connectivity index (χ2n) is 7.01. The Morgan fingerprint density at radius 1 is 0.939 bits per heavy atom. The molecular weight excluding hydrogens is 420 g/mol. The molecule has 3 aromatic rings. The van der Waals surface area contributed by atoms with E-state index in [4.69, 9.17) is 19.5 Å². The monoisotopic (exact) mass is 444 g/mol.